The summed E-state index contributed by atoms with van der Waals surface area (Å²) in [5.74, 6) is 0. The van der Waals surface area contributed by atoms with Crippen LogP contribution in [0.3, 0.4) is 0 Å². The van der Waals surface area contributed by atoms with Gasteiger partial charge in [0.2, 0.25) is 0 Å². The van der Waals surface area contributed by atoms with Gasteiger partial charge in [-0.25, -0.2) is 0 Å². The van der Waals surface area contributed by atoms with Crippen molar-refractivity contribution in [2.45, 2.75) is 10.8 Å². The minimum atomic E-state index is -0.436. The number of rotatable bonds is 16. The molecule has 0 saturated carbocycles. The summed E-state index contributed by atoms with van der Waals surface area (Å²) in [6, 6.07) is 182. The van der Waals surface area contributed by atoms with Gasteiger partial charge in [0.05, 0.1) is 10.8 Å². The first-order valence-electron chi connectivity index (χ1n) is 41.5. The number of para-hydroxylation sites is 2. The Bertz CT molecular complexity index is 7020. The third kappa shape index (κ3) is 12.9. The topological polar surface area (TPSA) is 6.48 Å². The summed E-state index contributed by atoms with van der Waals surface area (Å²) in [6.07, 6.45) is 0. The molecule has 0 heterocycles. The third-order valence-electron chi connectivity index (χ3n) is 24.6. The maximum atomic E-state index is 2.36. The van der Waals surface area contributed by atoms with Gasteiger partial charge in [0.25, 0.3) is 0 Å². The Balaban J connectivity index is 0.000000148. The van der Waals surface area contributed by atoms with Crippen molar-refractivity contribution in [1.29, 1.82) is 0 Å². The molecule has 20 aromatic carbocycles. The number of anilines is 6. The van der Waals surface area contributed by atoms with Crippen molar-refractivity contribution in [2.24, 2.45) is 0 Å². The molecule has 0 atom stereocenters. The van der Waals surface area contributed by atoms with Gasteiger partial charge in [0.15, 0.2) is 0 Å². The Morgan fingerprint density at radius 2 is 0.375 bits per heavy atom. The van der Waals surface area contributed by atoms with E-state index in [0.29, 0.717) is 0 Å². The third-order valence-corrected chi connectivity index (χ3v) is 24.6. The van der Waals surface area contributed by atoms with Gasteiger partial charge in [-0.2, -0.15) is 0 Å². The zero-order valence-corrected chi connectivity index (χ0v) is 66.2. The molecule has 0 radical (unpaired) electrons. The van der Waals surface area contributed by atoms with Gasteiger partial charge in [-0.1, -0.05) is 400 Å². The Labute approximate surface area is 702 Å². The molecule has 564 valence electrons. The second-order valence-electron chi connectivity index (χ2n) is 31.3. The van der Waals surface area contributed by atoms with Crippen LogP contribution < -0.4 is 9.80 Å². The highest BCUT2D eigenvalue weighted by atomic mass is 15.1. The van der Waals surface area contributed by atoms with E-state index in [1.54, 1.807) is 0 Å². The van der Waals surface area contributed by atoms with Gasteiger partial charge < -0.3 is 9.80 Å². The smallest absolute Gasteiger partial charge is 0.0713 e. The lowest BCUT2D eigenvalue weighted by Crippen LogP contribution is -2.28. The SMILES string of the molecule is c1ccc(-c2ccc3cc(-c4cccc(N(c5ccccc5)c5ccc(-c6cccc7c6-c6ccccc6C7(c6ccccc6)c6ccccc6)cc5)c4)ccc3c2)cc1.c1ccc(-c2ccc3ccc(-c4cccc(N(c5ccccc5)c5ccc(-c6cccc7c6-c6ccccc6C7(c6ccccc6)c6ccccc6)cc5)c4)cc3c2)cc1. The second-order valence-corrected chi connectivity index (χ2v) is 31.3. The van der Waals surface area contributed by atoms with Gasteiger partial charge in [-0.05, 0) is 252 Å². The van der Waals surface area contributed by atoms with Crippen LogP contribution >= 0.6 is 0 Å². The van der Waals surface area contributed by atoms with Gasteiger partial charge in [0.1, 0.15) is 0 Å². The van der Waals surface area contributed by atoms with E-state index >= 15 is 0 Å². The molecule has 0 N–H and O–H groups in total. The fourth-order valence-electron chi connectivity index (χ4n) is 19.2. The van der Waals surface area contributed by atoms with E-state index in [2.05, 4.69) is 507 Å². The van der Waals surface area contributed by atoms with Crippen LogP contribution in [-0.4, -0.2) is 0 Å². The summed E-state index contributed by atoms with van der Waals surface area (Å²) in [7, 11) is 0. The van der Waals surface area contributed by atoms with E-state index in [9.17, 15) is 0 Å². The fourth-order valence-corrected chi connectivity index (χ4v) is 19.2. The molecule has 0 fully saturated rings. The van der Waals surface area contributed by atoms with Gasteiger partial charge in [0, 0.05) is 34.1 Å². The monoisotopic (exact) mass is 1530 g/mol. The lowest BCUT2D eigenvalue weighted by Gasteiger charge is -2.34. The summed E-state index contributed by atoms with van der Waals surface area (Å²) in [4.78, 5) is 4.73. The summed E-state index contributed by atoms with van der Waals surface area (Å²) in [6.45, 7) is 0. The molecule has 2 nitrogen and oxygen atoms in total. The Morgan fingerprint density at radius 3 is 0.742 bits per heavy atom. The van der Waals surface area contributed by atoms with Gasteiger partial charge >= 0.3 is 0 Å². The molecule has 120 heavy (non-hydrogen) atoms. The molecule has 0 saturated heterocycles. The summed E-state index contributed by atoms with van der Waals surface area (Å²) in [5, 5.41) is 4.93. The van der Waals surface area contributed by atoms with E-state index in [0.717, 1.165) is 34.1 Å². The van der Waals surface area contributed by atoms with Crippen molar-refractivity contribution in [1.82, 2.24) is 0 Å². The van der Waals surface area contributed by atoms with E-state index < -0.39 is 10.8 Å². The number of hydrogen-bond acceptors (Lipinski definition) is 2. The van der Waals surface area contributed by atoms with Gasteiger partial charge in [-0.15, -0.1) is 0 Å². The minimum Gasteiger partial charge on any atom is -0.310 e. The average molecular weight is 1530 g/mol. The Morgan fingerprint density at radius 1 is 0.133 bits per heavy atom. The molecule has 2 aliphatic rings. The molecule has 22 rings (SSSR count). The average Bonchev–Trinajstić information content (AvgIpc) is 1.53. The lowest BCUT2D eigenvalue weighted by molar-refractivity contribution is 0.768. The number of hydrogen-bond donors (Lipinski definition) is 0. The predicted octanol–water partition coefficient (Wildman–Crippen LogP) is 31.3. The van der Waals surface area contributed by atoms with Crippen LogP contribution in [-0.2, 0) is 10.8 Å². The normalized spacial score (nSPS) is 12.5. The molecule has 0 bridgehead atoms. The molecule has 0 aliphatic heterocycles. The maximum absolute atomic E-state index is 2.36. The highest BCUT2D eigenvalue weighted by Crippen LogP contribution is 2.61. The van der Waals surface area contributed by atoms with Crippen LogP contribution in [0.15, 0.2) is 497 Å². The van der Waals surface area contributed by atoms with Crippen molar-refractivity contribution in [3.8, 4) is 89.0 Å². The fraction of sp³-hybridized carbons (Fsp3) is 0.0169. The van der Waals surface area contributed by atoms with Crippen LogP contribution in [0.4, 0.5) is 34.1 Å². The van der Waals surface area contributed by atoms with E-state index in [1.807, 2.05) is 0 Å². The standard InChI is InChI=1S/2C59H41N/c1-5-17-42(18-6-1)46-33-31-43-32-34-47(40-48(43)39-46)45-19-15-26-53(41-45)60(51-24-11-4-12-25-51)52-37-35-44(36-38-52)54-28-16-30-57-58(54)55-27-13-14-29-56(55)59(57,49-20-7-2-8-21-49)50-22-9-3-10-23-50;1-5-17-42(18-6-1)45-31-32-48-40-46(33-34-47(48)39-45)44-19-15-26-53(41-44)60(51-24-11-4-12-25-51)52-37-35-43(36-38-52)54-28-16-30-57-58(54)55-27-13-14-29-56(55)59(57,49-20-7-2-8-21-49)50-22-9-3-10-23-50/h2*1-41H. The lowest BCUT2D eigenvalue weighted by atomic mass is 9.67. The Kier molecular flexibility index (Phi) is 18.8. The molecular formula is C118H82N2. The first-order chi connectivity index (χ1) is 59.5. The summed E-state index contributed by atoms with van der Waals surface area (Å²) < 4.78 is 0. The molecule has 0 spiro atoms. The molecule has 0 aromatic heterocycles. The van der Waals surface area contributed by atoms with Crippen LogP contribution in [0.5, 0.6) is 0 Å². The van der Waals surface area contributed by atoms with Crippen molar-refractivity contribution >= 4 is 55.7 Å². The van der Waals surface area contributed by atoms with Crippen molar-refractivity contribution in [2.75, 3.05) is 9.80 Å². The quantitative estimate of drug-likeness (QED) is 0.0951. The zero-order chi connectivity index (χ0) is 79.8. The highest BCUT2D eigenvalue weighted by Gasteiger charge is 2.48. The second kappa shape index (κ2) is 31.3. The first kappa shape index (κ1) is 72.2. The maximum Gasteiger partial charge on any atom is 0.0713 e. The van der Waals surface area contributed by atoms with Crippen LogP contribution in [0.2, 0.25) is 0 Å². The van der Waals surface area contributed by atoms with Gasteiger partial charge in [-0.3, -0.25) is 0 Å². The van der Waals surface area contributed by atoms with Crippen molar-refractivity contribution in [3.05, 3.63) is 542 Å². The number of benzene rings is 20. The minimum absolute atomic E-state index is 0.435. The molecule has 0 amide bonds. The number of fused-ring (bicyclic) bond motifs is 8. The summed E-state index contributed by atoms with van der Waals surface area (Å²) >= 11 is 0. The largest absolute Gasteiger partial charge is 0.310 e. The number of nitrogens with zero attached hydrogens (tertiary/aromatic N) is 2. The summed E-state index contributed by atoms with van der Waals surface area (Å²) in [5.41, 5.74) is 35.8. The highest BCUT2D eigenvalue weighted by molar-refractivity contribution is 6.00. The molecule has 2 heteroatoms. The van der Waals surface area contributed by atoms with Crippen LogP contribution in [0.1, 0.15) is 44.5 Å². The van der Waals surface area contributed by atoms with Crippen molar-refractivity contribution in [3.63, 3.8) is 0 Å². The molecular weight excluding hydrogens is 1450 g/mol. The molecule has 0 unspecified atom stereocenters. The Hall–Kier alpha value is -15.5. The van der Waals surface area contributed by atoms with E-state index in [-0.39, 0.29) is 0 Å². The van der Waals surface area contributed by atoms with E-state index in [4.69, 9.17) is 0 Å². The van der Waals surface area contributed by atoms with Crippen LogP contribution in [0.25, 0.3) is 111 Å². The van der Waals surface area contributed by atoms with Crippen LogP contribution in [0, 0.1) is 0 Å². The first-order valence-corrected chi connectivity index (χ1v) is 41.5. The molecule has 20 aromatic rings. The molecule has 2 aliphatic carbocycles. The van der Waals surface area contributed by atoms with E-state index in [1.165, 1.54) is 155 Å². The van der Waals surface area contributed by atoms with Crippen molar-refractivity contribution < 1.29 is 0 Å². The predicted molar refractivity (Wildman–Crippen MR) is 504 cm³/mol. The zero-order valence-electron chi connectivity index (χ0n) is 66.2.